The van der Waals surface area contributed by atoms with Crippen molar-refractivity contribution >= 4 is 11.6 Å². The Morgan fingerprint density at radius 1 is 0.607 bits per heavy atom. The third-order valence-corrected chi connectivity index (χ3v) is 4.74. The van der Waals surface area contributed by atoms with Crippen molar-refractivity contribution in [1.29, 1.82) is 10.5 Å². The first-order valence-corrected chi connectivity index (χ1v) is 8.58. The third-order valence-electron chi connectivity index (χ3n) is 4.74. The zero-order valence-electron chi connectivity index (χ0n) is 14.6. The maximum absolute atomic E-state index is 12.8. The van der Waals surface area contributed by atoms with Crippen LogP contribution in [0.15, 0.2) is 83.9 Å². The van der Waals surface area contributed by atoms with Gasteiger partial charge in [0.15, 0.2) is 11.6 Å². The molecule has 0 spiro atoms. The summed E-state index contributed by atoms with van der Waals surface area (Å²) in [7, 11) is 0. The van der Waals surface area contributed by atoms with Crippen molar-refractivity contribution in [3.05, 3.63) is 95.1 Å². The quantitative estimate of drug-likeness (QED) is 0.375. The van der Waals surface area contributed by atoms with E-state index in [1.165, 1.54) is 0 Å². The Balaban J connectivity index is 2.03. The lowest BCUT2D eigenvalue weighted by atomic mass is 9.90. The lowest BCUT2D eigenvalue weighted by Gasteiger charge is -2.12. The molecule has 0 fully saturated rings. The number of nitriles is 2. The van der Waals surface area contributed by atoms with Crippen molar-refractivity contribution in [3.63, 3.8) is 0 Å². The first-order chi connectivity index (χ1) is 13.7. The van der Waals surface area contributed by atoms with Crippen molar-refractivity contribution < 1.29 is 9.59 Å². The van der Waals surface area contributed by atoms with Crippen LogP contribution in [0.25, 0.3) is 22.3 Å². The molecule has 0 atom stereocenters. The fourth-order valence-electron chi connectivity index (χ4n) is 3.42. The molecule has 0 aromatic heterocycles. The Bertz CT molecular complexity index is 1150. The Kier molecular flexibility index (Phi) is 4.16. The summed E-state index contributed by atoms with van der Waals surface area (Å²) in [4.78, 5) is 25.6. The molecule has 3 aromatic carbocycles. The van der Waals surface area contributed by atoms with Crippen LogP contribution in [0.5, 0.6) is 0 Å². The highest BCUT2D eigenvalue weighted by Crippen LogP contribution is 2.39. The number of allylic oxidation sites excluding steroid dienone is 2. The standard InChI is InChI=1S/C24H12N2O2/c25-13-17(14-26)22-23(27)20-11-18(15-7-3-1-4-8-15)19(12-21(20)24(22)28)16-9-5-2-6-10-16/h1-12H. The van der Waals surface area contributed by atoms with E-state index < -0.39 is 17.1 Å². The number of ketones is 2. The maximum Gasteiger partial charge on any atom is 0.199 e. The summed E-state index contributed by atoms with van der Waals surface area (Å²) in [5.74, 6) is -1.15. The highest BCUT2D eigenvalue weighted by atomic mass is 16.2. The monoisotopic (exact) mass is 360 g/mol. The van der Waals surface area contributed by atoms with E-state index in [1.54, 1.807) is 24.3 Å². The van der Waals surface area contributed by atoms with Crippen LogP contribution in [0.4, 0.5) is 0 Å². The highest BCUT2D eigenvalue weighted by Gasteiger charge is 2.37. The average Bonchev–Trinajstić information content (AvgIpc) is 3.00. The minimum Gasteiger partial charge on any atom is -0.288 e. The molecule has 130 valence electrons. The number of rotatable bonds is 2. The fraction of sp³-hybridized carbons (Fsp3) is 0. The zero-order valence-corrected chi connectivity index (χ0v) is 14.6. The van der Waals surface area contributed by atoms with Gasteiger partial charge in [0.2, 0.25) is 0 Å². The topological polar surface area (TPSA) is 81.7 Å². The summed E-state index contributed by atoms with van der Waals surface area (Å²) >= 11 is 0. The minimum atomic E-state index is -0.574. The SMILES string of the molecule is N#CC(C#N)=C1C(=O)c2cc(-c3ccccc3)c(-c3ccccc3)cc2C1=O. The van der Waals surface area contributed by atoms with E-state index >= 15 is 0 Å². The molecule has 0 bridgehead atoms. The van der Waals surface area contributed by atoms with Crippen molar-refractivity contribution in [1.82, 2.24) is 0 Å². The van der Waals surface area contributed by atoms with Crippen molar-refractivity contribution in [2.45, 2.75) is 0 Å². The van der Waals surface area contributed by atoms with E-state index in [2.05, 4.69) is 0 Å². The van der Waals surface area contributed by atoms with Crippen LogP contribution in [0.2, 0.25) is 0 Å². The van der Waals surface area contributed by atoms with Gasteiger partial charge < -0.3 is 0 Å². The Morgan fingerprint density at radius 2 is 1.00 bits per heavy atom. The maximum atomic E-state index is 12.8. The molecule has 1 aliphatic rings. The third kappa shape index (κ3) is 2.61. The van der Waals surface area contributed by atoms with Gasteiger partial charge in [-0.1, -0.05) is 60.7 Å². The first-order valence-electron chi connectivity index (χ1n) is 8.58. The lowest BCUT2D eigenvalue weighted by molar-refractivity contribution is 0.0988. The predicted molar refractivity (Wildman–Crippen MR) is 104 cm³/mol. The Hall–Kier alpha value is -4.28. The number of carbonyl (C=O) groups is 2. The van der Waals surface area contributed by atoms with Gasteiger partial charge >= 0.3 is 0 Å². The molecular weight excluding hydrogens is 348 g/mol. The molecule has 0 unspecified atom stereocenters. The van der Waals surface area contributed by atoms with Gasteiger partial charge in [-0.05, 0) is 34.4 Å². The van der Waals surface area contributed by atoms with E-state index in [1.807, 2.05) is 60.7 Å². The molecule has 4 heteroatoms. The van der Waals surface area contributed by atoms with E-state index in [4.69, 9.17) is 10.5 Å². The van der Waals surface area contributed by atoms with Crippen molar-refractivity contribution in [2.75, 3.05) is 0 Å². The first kappa shape index (κ1) is 17.1. The number of benzene rings is 3. The lowest BCUT2D eigenvalue weighted by Crippen LogP contribution is -2.03. The van der Waals surface area contributed by atoms with Crippen LogP contribution in [-0.2, 0) is 0 Å². The van der Waals surface area contributed by atoms with E-state index in [9.17, 15) is 9.59 Å². The molecule has 1 aliphatic carbocycles. The second kappa shape index (κ2) is 6.79. The summed E-state index contributed by atoms with van der Waals surface area (Å²) in [5.41, 5.74) is 3.08. The van der Waals surface area contributed by atoms with Crippen LogP contribution in [0, 0.1) is 22.7 Å². The minimum absolute atomic E-state index is 0.224. The van der Waals surface area contributed by atoms with Gasteiger partial charge in [0.25, 0.3) is 0 Å². The van der Waals surface area contributed by atoms with Gasteiger partial charge in [-0.25, -0.2) is 0 Å². The Labute approximate surface area is 161 Å². The summed E-state index contributed by atoms with van der Waals surface area (Å²) in [5, 5.41) is 18.3. The average molecular weight is 360 g/mol. The predicted octanol–water partition coefficient (Wildman–Crippen LogP) is 4.74. The van der Waals surface area contributed by atoms with Gasteiger partial charge in [0.05, 0.1) is 5.57 Å². The van der Waals surface area contributed by atoms with Crippen LogP contribution < -0.4 is 0 Å². The van der Waals surface area contributed by atoms with Crippen LogP contribution in [-0.4, -0.2) is 11.6 Å². The number of Topliss-reactive ketones (excluding diaryl/α,β-unsaturated/α-hetero) is 2. The van der Waals surface area contributed by atoms with E-state index in [0.29, 0.717) is 0 Å². The molecule has 0 heterocycles. The molecule has 0 amide bonds. The van der Waals surface area contributed by atoms with Gasteiger partial charge in [-0.2, -0.15) is 10.5 Å². The van der Waals surface area contributed by atoms with Crippen molar-refractivity contribution in [3.8, 4) is 34.4 Å². The number of fused-ring (bicyclic) bond motifs is 1. The van der Waals surface area contributed by atoms with Gasteiger partial charge in [-0.15, -0.1) is 0 Å². The summed E-state index contributed by atoms with van der Waals surface area (Å²) in [6, 6.07) is 25.8. The number of hydrogen-bond acceptors (Lipinski definition) is 4. The van der Waals surface area contributed by atoms with Crippen molar-refractivity contribution in [2.24, 2.45) is 0 Å². The van der Waals surface area contributed by atoms with Crippen LogP contribution in [0.1, 0.15) is 20.7 Å². The molecule has 4 nitrogen and oxygen atoms in total. The van der Waals surface area contributed by atoms with Gasteiger partial charge in [-0.3, -0.25) is 9.59 Å². The summed E-state index contributed by atoms with van der Waals surface area (Å²) in [6.07, 6.45) is 0. The summed E-state index contributed by atoms with van der Waals surface area (Å²) in [6.45, 7) is 0. The molecule has 3 aromatic rings. The molecule has 28 heavy (non-hydrogen) atoms. The van der Waals surface area contributed by atoms with Gasteiger partial charge in [0, 0.05) is 11.1 Å². The smallest absolute Gasteiger partial charge is 0.199 e. The van der Waals surface area contributed by atoms with E-state index in [-0.39, 0.29) is 16.7 Å². The number of carbonyl (C=O) groups excluding carboxylic acids is 2. The fourth-order valence-corrected chi connectivity index (χ4v) is 3.42. The van der Waals surface area contributed by atoms with Gasteiger partial charge in [0.1, 0.15) is 17.7 Å². The number of hydrogen-bond donors (Lipinski definition) is 0. The normalized spacial score (nSPS) is 12.3. The second-order valence-corrected chi connectivity index (χ2v) is 6.31. The molecule has 0 saturated carbocycles. The molecule has 0 saturated heterocycles. The molecule has 4 rings (SSSR count). The molecular formula is C24H12N2O2. The molecule has 0 radical (unpaired) electrons. The molecule has 0 N–H and O–H groups in total. The zero-order chi connectivity index (χ0) is 19.7. The number of nitrogens with zero attached hydrogens (tertiary/aromatic N) is 2. The largest absolute Gasteiger partial charge is 0.288 e. The second-order valence-electron chi connectivity index (χ2n) is 6.31. The van der Waals surface area contributed by atoms with Crippen LogP contribution in [0.3, 0.4) is 0 Å². The highest BCUT2D eigenvalue weighted by molar-refractivity contribution is 6.40. The summed E-state index contributed by atoms with van der Waals surface area (Å²) < 4.78 is 0. The van der Waals surface area contributed by atoms with Crippen LogP contribution >= 0.6 is 0 Å². The van der Waals surface area contributed by atoms with E-state index in [0.717, 1.165) is 22.3 Å². The molecule has 0 aliphatic heterocycles. The Morgan fingerprint density at radius 3 is 1.36 bits per heavy atom.